The van der Waals surface area contributed by atoms with Crippen LogP contribution in [0.15, 0.2) is 26.9 Å². The smallest absolute Gasteiger partial charge is 0.333 e. The number of carboxylic acid groups (broad SMARTS) is 1. The van der Waals surface area contributed by atoms with Crippen LogP contribution in [0.4, 0.5) is 0 Å². The first-order valence-electron chi connectivity index (χ1n) is 13.7. The first-order chi connectivity index (χ1) is 18.8. The summed E-state index contributed by atoms with van der Waals surface area (Å²) in [7, 11) is -9.45. The van der Waals surface area contributed by atoms with Crippen molar-refractivity contribution in [3.05, 3.63) is 43.7 Å². The number of aromatic nitrogens is 2. The Labute approximate surface area is 249 Å². The Hall–Kier alpha value is -2.09. The number of carboxylic acids is 1. The summed E-state index contributed by atoms with van der Waals surface area (Å²) >= 11 is 0. The minimum atomic E-state index is -4.28. The molecule has 42 heavy (non-hydrogen) atoms. The molecule has 1 aromatic heterocycles. The Morgan fingerprint density at radius 3 is 2.10 bits per heavy atom. The van der Waals surface area contributed by atoms with E-state index in [4.69, 9.17) is 23.5 Å². The standard InChI is InChI=1S/C26H45N3O10SSi2/c1-16-12-29(23(33)28(21(16)32)13-19(30)31)22-20(38-42(10,11)25(5,6)7)26(17(27)15-40(34,35)39-26)18(37-22)14-36-41(8,9)24(2,3)4/h12,15,18,20,22H,13-14,27H2,1-11H3,(H,30,31)/t18?,20-,22+,26?/m0/s1. The molecule has 0 amide bonds. The molecule has 1 fully saturated rings. The molecule has 16 heteroatoms. The third-order valence-electron chi connectivity index (χ3n) is 9.00. The van der Waals surface area contributed by atoms with E-state index in [1.54, 1.807) is 0 Å². The molecule has 0 aromatic carbocycles. The highest BCUT2D eigenvalue weighted by Gasteiger charge is 2.67. The first-order valence-corrected chi connectivity index (χ1v) is 21.0. The second-order valence-corrected chi connectivity index (χ2v) is 25.1. The van der Waals surface area contributed by atoms with Crippen LogP contribution in [0, 0.1) is 6.92 Å². The Morgan fingerprint density at radius 1 is 1.10 bits per heavy atom. The average Bonchev–Trinajstić information content (AvgIpc) is 3.22. The molecule has 0 aliphatic carbocycles. The van der Waals surface area contributed by atoms with Gasteiger partial charge in [0.25, 0.3) is 15.7 Å². The molecule has 238 valence electrons. The Kier molecular flexibility index (Phi) is 8.86. The van der Waals surface area contributed by atoms with Gasteiger partial charge in [0.05, 0.1) is 17.7 Å². The maximum Gasteiger partial charge on any atom is 0.333 e. The lowest BCUT2D eigenvalue weighted by atomic mass is 9.89. The maximum atomic E-state index is 13.6. The van der Waals surface area contributed by atoms with Gasteiger partial charge in [-0.15, -0.1) is 0 Å². The third-order valence-corrected chi connectivity index (χ3v) is 19.0. The second kappa shape index (κ2) is 10.8. The van der Waals surface area contributed by atoms with Crippen molar-refractivity contribution in [2.75, 3.05) is 6.61 Å². The normalized spacial score (nSPS) is 26.5. The Bertz CT molecular complexity index is 1500. The molecule has 2 aliphatic heterocycles. The SMILES string of the molecule is Cc1cn([C@@H]2OC(CO[Si](C)(C)C(C)(C)C)C3(OS(=O)(=O)C=C3N)[C@H]2O[Si](C)(C)C(C)(C)C)c(=O)n(CC(=O)O)c1=O. The van der Waals surface area contributed by atoms with E-state index in [-0.39, 0.29) is 27.9 Å². The summed E-state index contributed by atoms with van der Waals surface area (Å²) in [6.07, 6.45) is -2.52. The van der Waals surface area contributed by atoms with Gasteiger partial charge in [0.2, 0.25) is 0 Å². The van der Waals surface area contributed by atoms with E-state index >= 15 is 0 Å². The van der Waals surface area contributed by atoms with Gasteiger partial charge in [-0.25, -0.2) is 13.5 Å². The van der Waals surface area contributed by atoms with Crippen molar-refractivity contribution in [3.8, 4) is 0 Å². The van der Waals surface area contributed by atoms with E-state index in [9.17, 15) is 27.9 Å². The van der Waals surface area contributed by atoms with Crippen molar-refractivity contribution in [3.63, 3.8) is 0 Å². The van der Waals surface area contributed by atoms with Gasteiger partial charge in [0.15, 0.2) is 28.5 Å². The van der Waals surface area contributed by atoms with Crippen LogP contribution in [0.1, 0.15) is 53.3 Å². The number of ether oxygens (including phenoxy) is 1. The molecular weight excluding hydrogens is 603 g/mol. The Balaban J connectivity index is 2.31. The number of hydrogen-bond acceptors (Lipinski definition) is 10. The fraction of sp³-hybridized carbons (Fsp3) is 0.731. The zero-order valence-electron chi connectivity index (χ0n) is 26.3. The molecule has 0 radical (unpaired) electrons. The molecule has 0 bridgehead atoms. The molecule has 2 unspecified atom stereocenters. The summed E-state index contributed by atoms with van der Waals surface area (Å²) in [5, 5.41) is 9.65. The lowest BCUT2D eigenvalue weighted by Crippen LogP contribution is -2.59. The Morgan fingerprint density at radius 2 is 1.64 bits per heavy atom. The molecule has 2 aliphatic rings. The van der Waals surface area contributed by atoms with Gasteiger partial charge in [-0.3, -0.25) is 14.2 Å². The molecule has 3 heterocycles. The van der Waals surface area contributed by atoms with Crippen LogP contribution in [-0.2, 0) is 39.2 Å². The zero-order valence-corrected chi connectivity index (χ0v) is 29.1. The van der Waals surface area contributed by atoms with E-state index in [0.29, 0.717) is 4.57 Å². The number of hydrogen-bond donors (Lipinski definition) is 2. The largest absolute Gasteiger partial charge is 0.480 e. The van der Waals surface area contributed by atoms with Crippen molar-refractivity contribution in [2.24, 2.45) is 5.73 Å². The number of rotatable bonds is 8. The van der Waals surface area contributed by atoms with Crippen LogP contribution < -0.4 is 17.0 Å². The molecule has 13 nitrogen and oxygen atoms in total. The van der Waals surface area contributed by atoms with Crippen LogP contribution in [0.5, 0.6) is 0 Å². The highest BCUT2D eigenvalue weighted by molar-refractivity contribution is 7.90. The highest BCUT2D eigenvalue weighted by atomic mass is 32.2. The van der Waals surface area contributed by atoms with Gasteiger partial charge in [0.1, 0.15) is 18.8 Å². The zero-order chi connectivity index (χ0) is 32.4. The van der Waals surface area contributed by atoms with Gasteiger partial charge in [0, 0.05) is 11.8 Å². The van der Waals surface area contributed by atoms with Crippen LogP contribution in [0.2, 0.25) is 36.3 Å². The van der Waals surface area contributed by atoms with Crippen molar-refractivity contribution in [1.29, 1.82) is 0 Å². The molecule has 3 rings (SSSR count). The quantitative estimate of drug-likeness (QED) is 0.313. The fourth-order valence-electron chi connectivity index (χ4n) is 4.43. The van der Waals surface area contributed by atoms with Crippen LogP contribution in [0.25, 0.3) is 0 Å². The van der Waals surface area contributed by atoms with Crippen molar-refractivity contribution in [1.82, 2.24) is 9.13 Å². The average molecular weight is 648 g/mol. The monoisotopic (exact) mass is 647 g/mol. The molecule has 1 aromatic rings. The predicted octanol–water partition coefficient (Wildman–Crippen LogP) is 2.61. The summed E-state index contributed by atoms with van der Waals surface area (Å²) in [5.41, 5.74) is 2.73. The summed E-state index contributed by atoms with van der Waals surface area (Å²) in [5.74, 6) is -1.39. The number of nitrogens with zero attached hydrogens (tertiary/aromatic N) is 2. The molecule has 3 N–H and O–H groups in total. The van der Waals surface area contributed by atoms with Gasteiger partial charge >= 0.3 is 11.7 Å². The molecule has 0 saturated carbocycles. The summed E-state index contributed by atoms with van der Waals surface area (Å²) in [4.78, 5) is 37.9. The highest BCUT2D eigenvalue weighted by Crippen LogP contribution is 2.52. The first kappa shape index (κ1) is 34.4. The minimum Gasteiger partial charge on any atom is -0.480 e. The fourth-order valence-corrected chi connectivity index (χ4v) is 7.94. The van der Waals surface area contributed by atoms with E-state index in [0.717, 1.165) is 9.98 Å². The number of aryl methyl sites for hydroxylation is 1. The lowest BCUT2D eigenvalue weighted by molar-refractivity contribution is -0.137. The van der Waals surface area contributed by atoms with Crippen molar-refractivity contribution >= 4 is 32.7 Å². The number of carbonyl (C=O) groups is 1. The predicted molar refractivity (Wildman–Crippen MR) is 161 cm³/mol. The molecular formula is C26H45N3O10SSi2. The van der Waals surface area contributed by atoms with Crippen LogP contribution in [-0.4, -0.2) is 69.7 Å². The maximum absolute atomic E-state index is 13.6. The molecule has 4 atom stereocenters. The number of aliphatic carboxylic acids is 1. The molecule has 1 saturated heterocycles. The van der Waals surface area contributed by atoms with Gasteiger partial charge in [-0.2, -0.15) is 8.42 Å². The van der Waals surface area contributed by atoms with E-state index in [1.165, 1.54) is 13.1 Å². The van der Waals surface area contributed by atoms with Gasteiger partial charge in [-0.1, -0.05) is 41.5 Å². The summed E-state index contributed by atoms with van der Waals surface area (Å²) in [6, 6.07) is 0. The van der Waals surface area contributed by atoms with E-state index in [2.05, 4.69) is 20.8 Å². The lowest BCUT2D eigenvalue weighted by Gasteiger charge is -2.43. The van der Waals surface area contributed by atoms with E-state index in [1.807, 2.05) is 47.0 Å². The van der Waals surface area contributed by atoms with E-state index < -0.39 is 74.6 Å². The topological polar surface area (TPSA) is 178 Å². The van der Waals surface area contributed by atoms with Crippen LogP contribution in [0.3, 0.4) is 0 Å². The minimum absolute atomic E-state index is 0.0732. The van der Waals surface area contributed by atoms with Crippen LogP contribution >= 0.6 is 0 Å². The van der Waals surface area contributed by atoms with Gasteiger partial charge in [-0.05, 0) is 43.2 Å². The number of nitrogens with two attached hydrogens (primary N) is 1. The summed E-state index contributed by atoms with van der Waals surface area (Å²) < 4.78 is 52.9. The third kappa shape index (κ3) is 6.12. The summed E-state index contributed by atoms with van der Waals surface area (Å²) in [6.45, 7) is 20.5. The van der Waals surface area contributed by atoms with Gasteiger partial charge < -0.3 is 24.4 Å². The molecule has 1 spiro atoms. The van der Waals surface area contributed by atoms with Crippen molar-refractivity contribution in [2.45, 2.75) is 115 Å². The second-order valence-electron chi connectivity index (χ2n) is 14.1. The van der Waals surface area contributed by atoms with Crippen molar-refractivity contribution < 1.29 is 36.1 Å².